The molecule has 0 saturated carbocycles. The summed E-state index contributed by atoms with van der Waals surface area (Å²) in [7, 11) is 1.62. The SMILES string of the molecule is CCN1C(=O)C2C(NC(=O)NC23C(=O)N(C)c2ccccc23)N(CC)C1=O. The summed E-state index contributed by atoms with van der Waals surface area (Å²) in [6.07, 6.45) is -0.893. The molecule has 3 aliphatic heterocycles. The van der Waals surface area contributed by atoms with Gasteiger partial charge in [-0.1, -0.05) is 18.2 Å². The molecule has 27 heavy (non-hydrogen) atoms. The van der Waals surface area contributed by atoms with Crippen molar-refractivity contribution in [2.45, 2.75) is 25.6 Å². The molecular weight excluding hydrogens is 350 g/mol. The minimum atomic E-state index is -1.54. The second kappa shape index (κ2) is 5.70. The number of urea groups is 2. The van der Waals surface area contributed by atoms with Gasteiger partial charge >= 0.3 is 12.1 Å². The van der Waals surface area contributed by atoms with E-state index in [1.54, 1.807) is 45.2 Å². The predicted octanol–water partition coefficient (Wildman–Crippen LogP) is 0.417. The number of para-hydroxylation sites is 1. The van der Waals surface area contributed by atoms with Crippen LogP contribution in [0, 0.1) is 5.92 Å². The fourth-order valence-corrected chi connectivity index (χ4v) is 4.49. The Morgan fingerprint density at radius 3 is 2.44 bits per heavy atom. The van der Waals surface area contributed by atoms with E-state index < -0.39 is 35.6 Å². The number of carbonyl (C=O) groups excluding carboxylic acids is 4. The lowest BCUT2D eigenvalue weighted by atomic mass is 9.73. The van der Waals surface area contributed by atoms with E-state index in [-0.39, 0.29) is 12.5 Å². The smallest absolute Gasteiger partial charge is 0.319 e. The highest BCUT2D eigenvalue weighted by Crippen LogP contribution is 2.48. The van der Waals surface area contributed by atoms with Crippen molar-refractivity contribution >= 4 is 29.6 Å². The van der Waals surface area contributed by atoms with E-state index in [9.17, 15) is 19.2 Å². The number of rotatable bonds is 2. The van der Waals surface area contributed by atoms with Crippen LogP contribution < -0.4 is 15.5 Å². The minimum absolute atomic E-state index is 0.188. The van der Waals surface area contributed by atoms with Gasteiger partial charge in [0.2, 0.25) is 5.91 Å². The average Bonchev–Trinajstić information content (AvgIpc) is 2.85. The first-order chi connectivity index (χ1) is 12.9. The Morgan fingerprint density at radius 1 is 1.07 bits per heavy atom. The van der Waals surface area contributed by atoms with Crippen LogP contribution in [0.3, 0.4) is 0 Å². The third kappa shape index (κ3) is 1.99. The zero-order chi connectivity index (χ0) is 19.5. The van der Waals surface area contributed by atoms with E-state index in [0.29, 0.717) is 17.8 Å². The molecule has 0 aromatic heterocycles. The van der Waals surface area contributed by atoms with Crippen LogP contribution in [0.25, 0.3) is 0 Å². The number of imide groups is 1. The zero-order valence-corrected chi connectivity index (χ0v) is 15.4. The molecule has 3 heterocycles. The summed E-state index contributed by atoms with van der Waals surface area (Å²) in [6.45, 7) is 3.97. The van der Waals surface area contributed by atoms with Crippen molar-refractivity contribution in [1.82, 2.24) is 20.4 Å². The van der Waals surface area contributed by atoms with E-state index in [2.05, 4.69) is 10.6 Å². The Labute approximate surface area is 156 Å². The Balaban J connectivity index is 1.96. The molecule has 2 fully saturated rings. The van der Waals surface area contributed by atoms with Crippen LogP contribution >= 0.6 is 0 Å². The number of nitrogens with one attached hydrogen (secondary N) is 2. The number of fused-ring (bicyclic) bond motifs is 4. The third-order valence-corrected chi connectivity index (χ3v) is 5.71. The van der Waals surface area contributed by atoms with Crippen molar-refractivity contribution in [2.75, 3.05) is 25.0 Å². The second-order valence-electron chi connectivity index (χ2n) is 6.86. The van der Waals surface area contributed by atoms with Gasteiger partial charge in [-0.05, 0) is 19.9 Å². The number of likely N-dealkylation sites (N-methyl/N-ethyl adjacent to an activating group) is 1. The van der Waals surface area contributed by atoms with E-state index in [0.717, 1.165) is 4.90 Å². The summed E-state index contributed by atoms with van der Waals surface area (Å²) in [4.78, 5) is 55.9. The van der Waals surface area contributed by atoms with Gasteiger partial charge in [-0.3, -0.25) is 14.5 Å². The van der Waals surface area contributed by atoms with E-state index >= 15 is 0 Å². The molecule has 142 valence electrons. The van der Waals surface area contributed by atoms with E-state index in [1.807, 2.05) is 0 Å². The molecule has 9 nitrogen and oxygen atoms in total. The van der Waals surface area contributed by atoms with Crippen LogP contribution in [-0.4, -0.2) is 60.0 Å². The Bertz CT molecular complexity index is 871. The maximum Gasteiger partial charge on any atom is 0.328 e. The number of amides is 6. The van der Waals surface area contributed by atoms with Crippen molar-refractivity contribution in [2.24, 2.45) is 5.92 Å². The summed E-state index contributed by atoms with van der Waals surface area (Å²) in [5, 5.41) is 5.41. The lowest BCUT2D eigenvalue weighted by Gasteiger charge is -2.52. The van der Waals surface area contributed by atoms with Crippen molar-refractivity contribution in [3.63, 3.8) is 0 Å². The van der Waals surface area contributed by atoms with Crippen molar-refractivity contribution in [3.8, 4) is 0 Å². The number of benzene rings is 1. The highest BCUT2D eigenvalue weighted by molar-refractivity contribution is 6.14. The number of anilines is 1. The normalized spacial score (nSPS) is 29.7. The fourth-order valence-electron chi connectivity index (χ4n) is 4.49. The monoisotopic (exact) mass is 371 g/mol. The molecule has 4 rings (SSSR count). The number of carbonyl (C=O) groups is 4. The first-order valence-corrected chi connectivity index (χ1v) is 8.96. The molecule has 6 amide bonds. The summed E-state index contributed by atoms with van der Waals surface area (Å²) in [6, 6.07) is 6.04. The molecule has 0 bridgehead atoms. The zero-order valence-electron chi connectivity index (χ0n) is 15.4. The van der Waals surface area contributed by atoms with Crippen LogP contribution in [0.15, 0.2) is 24.3 Å². The van der Waals surface area contributed by atoms with Gasteiger partial charge in [0.1, 0.15) is 12.1 Å². The molecule has 9 heteroatoms. The first kappa shape index (κ1) is 17.3. The highest BCUT2D eigenvalue weighted by Gasteiger charge is 2.66. The van der Waals surface area contributed by atoms with Crippen LogP contribution in [0.1, 0.15) is 19.4 Å². The molecule has 1 spiro atoms. The molecule has 0 radical (unpaired) electrons. The largest absolute Gasteiger partial charge is 0.328 e. The van der Waals surface area contributed by atoms with Gasteiger partial charge in [0.15, 0.2) is 5.54 Å². The van der Waals surface area contributed by atoms with Crippen LogP contribution in [0.5, 0.6) is 0 Å². The van der Waals surface area contributed by atoms with Crippen molar-refractivity contribution in [3.05, 3.63) is 29.8 Å². The summed E-state index contributed by atoms with van der Waals surface area (Å²) < 4.78 is 0. The van der Waals surface area contributed by atoms with Gasteiger partial charge in [-0.15, -0.1) is 0 Å². The summed E-state index contributed by atoms with van der Waals surface area (Å²) in [5.41, 5.74) is -0.340. The Hall–Kier alpha value is -3.10. The predicted molar refractivity (Wildman–Crippen MR) is 95.6 cm³/mol. The quantitative estimate of drug-likeness (QED) is 0.786. The summed E-state index contributed by atoms with van der Waals surface area (Å²) in [5.74, 6) is -1.82. The third-order valence-electron chi connectivity index (χ3n) is 5.71. The topological polar surface area (TPSA) is 102 Å². The highest BCUT2D eigenvalue weighted by atomic mass is 16.2. The molecular formula is C18H21N5O4. The maximum absolute atomic E-state index is 13.4. The molecule has 2 saturated heterocycles. The van der Waals surface area contributed by atoms with Gasteiger partial charge in [0.25, 0.3) is 5.91 Å². The van der Waals surface area contributed by atoms with Gasteiger partial charge in [0, 0.05) is 31.4 Å². The number of hydrogen-bond donors (Lipinski definition) is 2. The van der Waals surface area contributed by atoms with Crippen LogP contribution in [0.4, 0.5) is 15.3 Å². The van der Waals surface area contributed by atoms with Crippen LogP contribution in [0.2, 0.25) is 0 Å². The number of hydrogen-bond acceptors (Lipinski definition) is 4. The fraction of sp³-hybridized carbons (Fsp3) is 0.444. The van der Waals surface area contributed by atoms with E-state index in [1.165, 1.54) is 9.80 Å². The second-order valence-corrected chi connectivity index (χ2v) is 6.86. The van der Waals surface area contributed by atoms with Gasteiger partial charge < -0.3 is 20.4 Å². The van der Waals surface area contributed by atoms with Gasteiger partial charge in [-0.2, -0.15) is 0 Å². The summed E-state index contributed by atoms with van der Waals surface area (Å²) >= 11 is 0. The molecule has 3 aliphatic rings. The van der Waals surface area contributed by atoms with E-state index in [4.69, 9.17) is 0 Å². The molecule has 3 unspecified atom stereocenters. The molecule has 2 N–H and O–H groups in total. The minimum Gasteiger partial charge on any atom is -0.319 e. The standard InChI is InChI=1S/C18H21N5O4/c1-4-22-13-12(14(24)23(5-2)17(22)27)18(20-16(26)19-13)10-8-6-7-9-11(10)21(3)15(18)25/h6-9,12-13H,4-5H2,1-3H3,(H2,19,20,26). The van der Waals surface area contributed by atoms with Gasteiger partial charge in [-0.25, -0.2) is 9.59 Å². The lowest BCUT2D eigenvalue weighted by Crippen LogP contribution is -2.79. The van der Waals surface area contributed by atoms with Crippen molar-refractivity contribution < 1.29 is 19.2 Å². The molecule has 0 aliphatic carbocycles. The maximum atomic E-state index is 13.4. The molecule has 1 aromatic carbocycles. The lowest BCUT2D eigenvalue weighted by molar-refractivity contribution is -0.150. The average molecular weight is 371 g/mol. The molecule has 1 aromatic rings. The number of nitrogens with zero attached hydrogens (tertiary/aromatic N) is 3. The van der Waals surface area contributed by atoms with Crippen LogP contribution in [-0.2, 0) is 15.1 Å². The Kier molecular flexibility index (Phi) is 3.66. The first-order valence-electron chi connectivity index (χ1n) is 8.96. The van der Waals surface area contributed by atoms with Gasteiger partial charge in [0.05, 0.1) is 0 Å². The van der Waals surface area contributed by atoms with Crippen molar-refractivity contribution in [1.29, 1.82) is 0 Å². The molecule has 3 atom stereocenters. The Morgan fingerprint density at radius 2 is 1.78 bits per heavy atom.